The second-order valence-corrected chi connectivity index (χ2v) is 2.89. The van der Waals surface area contributed by atoms with Gasteiger partial charge in [0, 0.05) is 0 Å². The van der Waals surface area contributed by atoms with Crippen LogP contribution in [-0.2, 0) is 0 Å². The van der Waals surface area contributed by atoms with E-state index in [0.29, 0.717) is 11.3 Å². The fourth-order valence-corrected chi connectivity index (χ4v) is 1.19. The Morgan fingerprint density at radius 2 is 1.93 bits per heavy atom. The minimum Gasteiger partial charge on any atom is -0.335 e. The van der Waals surface area contributed by atoms with Crippen molar-refractivity contribution in [1.82, 2.24) is 9.66 Å². The molecule has 4 nitrogen and oxygen atoms in total. The van der Waals surface area contributed by atoms with Crippen LogP contribution < -0.4 is 11.5 Å². The molecular formula is C9H8FN3O. The van der Waals surface area contributed by atoms with Crippen LogP contribution in [0.2, 0.25) is 0 Å². The lowest BCUT2D eigenvalue weighted by atomic mass is 10.2. The third-order valence-electron chi connectivity index (χ3n) is 1.90. The smallest absolute Gasteiger partial charge is 0.335 e. The molecule has 72 valence electrons. The number of imidazole rings is 1. The van der Waals surface area contributed by atoms with Gasteiger partial charge >= 0.3 is 5.69 Å². The number of nitrogen functional groups attached to an aromatic ring is 1. The average molecular weight is 193 g/mol. The Hall–Kier alpha value is -2.04. The van der Waals surface area contributed by atoms with E-state index >= 15 is 0 Å². The lowest BCUT2D eigenvalue weighted by Crippen LogP contribution is -2.22. The lowest BCUT2D eigenvalue weighted by molar-refractivity contribution is 0.628. The minimum absolute atomic E-state index is 0.316. The van der Waals surface area contributed by atoms with Gasteiger partial charge in [0.2, 0.25) is 0 Å². The molecule has 0 aliphatic heterocycles. The molecule has 0 unspecified atom stereocenters. The molecule has 0 bridgehead atoms. The summed E-state index contributed by atoms with van der Waals surface area (Å²) < 4.78 is 13.5. The van der Waals surface area contributed by atoms with Crippen molar-refractivity contribution < 1.29 is 4.39 Å². The molecule has 3 N–H and O–H groups in total. The van der Waals surface area contributed by atoms with E-state index in [-0.39, 0.29) is 5.82 Å². The summed E-state index contributed by atoms with van der Waals surface area (Å²) in [5, 5.41) is 0. The fraction of sp³-hybridized carbons (Fsp3) is 0. The predicted molar refractivity (Wildman–Crippen MR) is 50.6 cm³/mol. The molecule has 2 aromatic rings. The van der Waals surface area contributed by atoms with Crippen molar-refractivity contribution in [2.24, 2.45) is 0 Å². The summed E-state index contributed by atoms with van der Waals surface area (Å²) in [5.74, 6) is 4.99. The molecule has 0 amide bonds. The number of rotatable bonds is 1. The standard InChI is InChI=1S/C9H8FN3O/c10-7-3-1-6(2-4-7)8-5-13(11)9(14)12-8/h1-5H,11H2,(H,12,14). The summed E-state index contributed by atoms with van der Waals surface area (Å²) in [5.41, 5.74) is 0.884. The summed E-state index contributed by atoms with van der Waals surface area (Å²) in [6.45, 7) is 0. The molecule has 14 heavy (non-hydrogen) atoms. The molecule has 0 aliphatic rings. The van der Waals surface area contributed by atoms with E-state index in [2.05, 4.69) is 4.98 Å². The molecule has 5 heteroatoms. The van der Waals surface area contributed by atoms with Gasteiger partial charge in [0.1, 0.15) is 5.82 Å². The van der Waals surface area contributed by atoms with Crippen LogP contribution in [0.1, 0.15) is 0 Å². The first kappa shape index (κ1) is 8.55. The maximum absolute atomic E-state index is 12.6. The van der Waals surface area contributed by atoms with Crippen molar-refractivity contribution in [2.75, 3.05) is 5.84 Å². The van der Waals surface area contributed by atoms with E-state index in [0.717, 1.165) is 4.68 Å². The molecule has 0 radical (unpaired) electrons. The zero-order valence-electron chi connectivity index (χ0n) is 7.20. The van der Waals surface area contributed by atoms with Crippen molar-refractivity contribution in [3.05, 3.63) is 46.8 Å². The van der Waals surface area contributed by atoms with Crippen molar-refractivity contribution >= 4 is 0 Å². The van der Waals surface area contributed by atoms with Crippen LogP contribution in [0.4, 0.5) is 4.39 Å². The second kappa shape index (κ2) is 3.02. The number of H-pyrrole nitrogens is 1. The maximum Gasteiger partial charge on any atom is 0.344 e. The SMILES string of the molecule is Nn1cc(-c2ccc(F)cc2)[nH]c1=O. The maximum atomic E-state index is 12.6. The minimum atomic E-state index is -0.399. The molecule has 1 aromatic carbocycles. The fourth-order valence-electron chi connectivity index (χ4n) is 1.19. The first-order valence-corrected chi connectivity index (χ1v) is 3.99. The van der Waals surface area contributed by atoms with Gasteiger partial charge in [0.05, 0.1) is 11.9 Å². The van der Waals surface area contributed by atoms with Crippen molar-refractivity contribution in [3.63, 3.8) is 0 Å². The first-order valence-electron chi connectivity index (χ1n) is 3.99. The number of aromatic amines is 1. The lowest BCUT2D eigenvalue weighted by Gasteiger charge is -1.95. The van der Waals surface area contributed by atoms with Gasteiger partial charge in [-0.1, -0.05) is 0 Å². The van der Waals surface area contributed by atoms with E-state index in [4.69, 9.17) is 5.84 Å². The topological polar surface area (TPSA) is 63.8 Å². The quantitative estimate of drug-likeness (QED) is 0.654. The highest BCUT2D eigenvalue weighted by molar-refractivity contribution is 5.57. The third-order valence-corrected chi connectivity index (χ3v) is 1.90. The number of benzene rings is 1. The molecule has 0 atom stereocenters. The van der Waals surface area contributed by atoms with Gasteiger partial charge < -0.3 is 10.8 Å². The molecule has 1 heterocycles. The van der Waals surface area contributed by atoms with Crippen LogP contribution in [0.3, 0.4) is 0 Å². The number of hydrogen-bond donors (Lipinski definition) is 2. The Morgan fingerprint density at radius 3 is 2.43 bits per heavy atom. The number of aromatic nitrogens is 2. The number of nitrogens with two attached hydrogens (primary N) is 1. The molecule has 1 aromatic heterocycles. The van der Waals surface area contributed by atoms with Gasteiger partial charge in [0.15, 0.2) is 0 Å². The Labute approximate surface area is 78.8 Å². The van der Waals surface area contributed by atoms with E-state index in [1.807, 2.05) is 0 Å². The van der Waals surface area contributed by atoms with Gasteiger partial charge in [0.25, 0.3) is 0 Å². The Bertz CT molecular complexity index is 498. The predicted octanol–water partition coefficient (Wildman–Crippen LogP) is 0.696. The average Bonchev–Trinajstić information content (AvgIpc) is 2.48. The Morgan fingerprint density at radius 1 is 1.29 bits per heavy atom. The van der Waals surface area contributed by atoms with Crippen LogP contribution in [0.25, 0.3) is 11.3 Å². The zero-order chi connectivity index (χ0) is 10.1. The normalized spacial score (nSPS) is 10.4. The first-order chi connectivity index (χ1) is 6.66. The number of hydrogen-bond acceptors (Lipinski definition) is 2. The van der Waals surface area contributed by atoms with Gasteiger partial charge in [-0.15, -0.1) is 0 Å². The van der Waals surface area contributed by atoms with Crippen LogP contribution >= 0.6 is 0 Å². The monoisotopic (exact) mass is 193 g/mol. The van der Waals surface area contributed by atoms with Gasteiger partial charge in [-0.3, -0.25) is 0 Å². The molecule has 2 rings (SSSR count). The third kappa shape index (κ3) is 1.39. The number of nitrogens with one attached hydrogen (secondary N) is 1. The highest BCUT2D eigenvalue weighted by atomic mass is 19.1. The van der Waals surface area contributed by atoms with E-state index in [1.54, 1.807) is 12.1 Å². The molecule has 0 fully saturated rings. The van der Waals surface area contributed by atoms with Crippen molar-refractivity contribution in [3.8, 4) is 11.3 Å². The number of nitrogens with zero attached hydrogens (tertiary/aromatic N) is 1. The molecule has 0 aliphatic carbocycles. The molecule has 0 saturated carbocycles. The van der Waals surface area contributed by atoms with Crippen molar-refractivity contribution in [1.29, 1.82) is 0 Å². The van der Waals surface area contributed by atoms with Gasteiger partial charge in [-0.25, -0.2) is 13.9 Å². The van der Waals surface area contributed by atoms with E-state index < -0.39 is 5.69 Å². The van der Waals surface area contributed by atoms with E-state index in [1.165, 1.54) is 18.3 Å². The summed E-state index contributed by atoms with van der Waals surface area (Å²) in [4.78, 5) is 13.5. The van der Waals surface area contributed by atoms with Crippen LogP contribution in [0.5, 0.6) is 0 Å². The zero-order valence-corrected chi connectivity index (χ0v) is 7.20. The highest BCUT2D eigenvalue weighted by Crippen LogP contribution is 2.14. The van der Waals surface area contributed by atoms with Gasteiger partial charge in [-0.2, -0.15) is 0 Å². The Kier molecular flexibility index (Phi) is 1.85. The van der Waals surface area contributed by atoms with Crippen LogP contribution in [0, 0.1) is 5.82 Å². The highest BCUT2D eigenvalue weighted by Gasteiger charge is 2.02. The largest absolute Gasteiger partial charge is 0.344 e. The van der Waals surface area contributed by atoms with Crippen LogP contribution in [-0.4, -0.2) is 9.66 Å². The van der Waals surface area contributed by atoms with E-state index in [9.17, 15) is 9.18 Å². The Balaban J connectivity index is 2.49. The summed E-state index contributed by atoms with van der Waals surface area (Å²) >= 11 is 0. The number of halogens is 1. The van der Waals surface area contributed by atoms with Crippen molar-refractivity contribution in [2.45, 2.75) is 0 Å². The molecule has 0 saturated heterocycles. The van der Waals surface area contributed by atoms with Gasteiger partial charge in [-0.05, 0) is 29.8 Å². The summed E-state index contributed by atoms with van der Waals surface area (Å²) in [6, 6.07) is 5.78. The molecular weight excluding hydrogens is 185 g/mol. The molecule has 0 spiro atoms. The summed E-state index contributed by atoms with van der Waals surface area (Å²) in [6.07, 6.45) is 1.45. The second-order valence-electron chi connectivity index (χ2n) is 2.89. The van der Waals surface area contributed by atoms with Crippen LogP contribution in [0.15, 0.2) is 35.3 Å². The summed E-state index contributed by atoms with van der Waals surface area (Å²) in [7, 11) is 0.